The summed E-state index contributed by atoms with van der Waals surface area (Å²) in [6, 6.07) is 7.69. The number of carbonyl (C=O) groups excluding carboxylic acids is 1. The number of hydrogen-bond donors (Lipinski definition) is 1. The summed E-state index contributed by atoms with van der Waals surface area (Å²) in [6.45, 7) is 4.79. The molecule has 0 saturated heterocycles. The van der Waals surface area contributed by atoms with Gasteiger partial charge in [-0.2, -0.15) is 5.10 Å². The first-order valence-corrected chi connectivity index (χ1v) is 8.36. The first-order valence-electron chi connectivity index (χ1n) is 8.36. The molecule has 0 bridgehead atoms. The van der Waals surface area contributed by atoms with Crippen LogP contribution in [0.3, 0.4) is 0 Å². The minimum atomic E-state index is -0.0493. The summed E-state index contributed by atoms with van der Waals surface area (Å²) < 4.78 is 7.10. The number of rotatable bonds is 4. The predicted octanol–water partition coefficient (Wildman–Crippen LogP) is 2.55. The minimum absolute atomic E-state index is 0.0493. The third kappa shape index (κ3) is 2.77. The van der Waals surface area contributed by atoms with Crippen molar-refractivity contribution in [1.82, 2.24) is 19.5 Å². The van der Waals surface area contributed by atoms with Crippen molar-refractivity contribution >= 4 is 22.9 Å². The topological polar surface area (TPSA) is 71.8 Å². The SMILES string of the molecule is C=CC(=O)N1CCc2c(cn3ncnc(Nc4cccc(OC)c4)c23)C1. The monoisotopic (exact) mass is 349 g/mol. The molecule has 26 heavy (non-hydrogen) atoms. The van der Waals surface area contributed by atoms with Gasteiger partial charge in [0.2, 0.25) is 5.91 Å². The van der Waals surface area contributed by atoms with E-state index in [9.17, 15) is 4.79 Å². The average molecular weight is 349 g/mol. The summed E-state index contributed by atoms with van der Waals surface area (Å²) >= 11 is 0. The first kappa shape index (κ1) is 16.1. The van der Waals surface area contributed by atoms with Crippen molar-refractivity contribution in [2.24, 2.45) is 0 Å². The van der Waals surface area contributed by atoms with Crippen LogP contribution in [-0.2, 0) is 17.8 Å². The van der Waals surface area contributed by atoms with Crippen molar-refractivity contribution in [3.8, 4) is 5.75 Å². The molecule has 2 aromatic heterocycles. The Morgan fingerprint density at radius 2 is 2.31 bits per heavy atom. The van der Waals surface area contributed by atoms with E-state index >= 15 is 0 Å². The zero-order chi connectivity index (χ0) is 18.1. The largest absolute Gasteiger partial charge is 0.497 e. The number of carbonyl (C=O) groups is 1. The third-order valence-electron chi connectivity index (χ3n) is 4.58. The van der Waals surface area contributed by atoms with Crippen molar-refractivity contribution in [2.75, 3.05) is 19.0 Å². The maximum Gasteiger partial charge on any atom is 0.246 e. The number of amides is 1. The van der Waals surface area contributed by atoms with Crippen LogP contribution in [-0.4, -0.2) is 39.1 Å². The number of hydrogen-bond acceptors (Lipinski definition) is 5. The van der Waals surface area contributed by atoms with Crippen LogP contribution in [0.25, 0.3) is 5.52 Å². The molecule has 7 nitrogen and oxygen atoms in total. The second-order valence-corrected chi connectivity index (χ2v) is 6.11. The fourth-order valence-electron chi connectivity index (χ4n) is 3.32. The molecule has 0 spiro atoms. The highest BCUT2D eigenvalue weighted by molar-refractivity contribution is 5.87. The maximum atomic E-state index is 11.9. The summed E-state index contributed by atoms with van der Waals surface area (Å²) in [5.41, 5.74) is 4.08. The molecule has 3 heterocycles. The highest BCUT2D eigenvalue weighted by Crippen LogP contribution is 2.30. The zero-order valence-electron chi connectivity index (χ0n) is 14.5. The molecule has 0 atom stereocenters. The summed E-state index contributed by atoms with van der Waals surface area (Å²) in [4.78, 5) is 18.1. The van der Waals surface area contributed by atoms with Crippen LogP contribution in [0, 0.1) is 0 Å². The Morgan fingerprint density at radius 3 is 3.12 bits per heavy atom. The molecule has 1 aromatic carbocycles. The van der Waals surface area contributed by atoms with Gasteiger partial charge in [0.05, 0.1) is 7.11 Å². The van der Waals surface area contributed by atoms with Gasteiger partial charge in [-0.05, 0) is 35.8 Å². The van der Waals surface area contributed by atoms with Crippen LogP contribution in [0.5, 0.6) is 5.75 Å². The van der Waals surface area contributed by atoms with Gasteiger partial charge in [0.1, 0.15) is 17.6 Å². The second-order valence-electron chi connectivity index (χ2n) is 6.11. The second kappa shape index (κ2) is 6.51. The van der Waals surface area contributed by atoms with Crippen molar-refractivity contribution in [3.63, 3.8) is 0 Å². The number of ether oxygens (including phenoxy) is 1. The number of fused-ring (bicyclic) bond motifs is 3. The lowest BCUT2D eigenvalue weighted by molar-refractivity contribution is -0.126. The molecular formula is C19H19N5O2. The number of benzene rings is 1. The molecule has 132 valence electrons. The smallest absolute Gasteiger partial charge is 0.246 e. The van der Waals surface area contributed by atoms with Crippen LogP contribution < -0.4 is 10.1 Å². The number of nitrogens with zero attached hydrogens (tertiary/aromatic N) is 4. The highest BCUT2D eigenvalue weighted by Gasteiger charge is 2.24. The molecule has 1 amide bonds. The molecule has 3 aromatic rings. The van der Waals surface area contributed by atoms with E-state index in [-0.39, 0.29) is 5.91 Å². The molecule has 0 fully saturated rings. The van der Waals surface area contributed by atoms with Crippen molar-refractivity contribution in [1.29, 1.82) is 0 Å². The van der Waals surface area contributed by atoms with Crippen LogP contribution in [0.15, 0.2) is 49.4 Å². The summed E-state index contributed by atoms with van der Waals surface area (Å²) in [5, 5.41) is 7.68. The summed E-state index contributed by atoms with van der Waals surface area (Å²) in [5.74, 6) is 1.46. The Hall–Kier alpha value is -3.35. The average Bonchev–Trinajstić information content (AvgIpc) is 3.06. The van der Waals surface area contributed by atoms with Gasteiger partial charge in [-0.25, -0.2) is 9.50 Å². The van der Waals surface area contributed by atoms with E-state index in [2.05, 4.69) is 22.0 Å². The molecule has 4 rings (SSSR count). The molecule has 0 radical (unpaired) electrons. The first-order chi connectivity index (χ1) is 12.7. The maximum absolute atomic E-state index is 11.9. The molecule has 1 aliphatic rings. The molecule has 1 aliphatic heterocycles. The van der Waals surface area contributed by atoms with Crippen LogP contribution >= 0.6 is 0 Å². The van der Waals surface area contributed by atoms with E-state index in [1.807, 2.05) is 35.0 Å². The van der Waals surface area contributed by atoms with Crippen molar-refractivity contribution in [3.05, 3.63) is 60.6 Å². The van der Waals surface area contributed by atoms with Gasteiger partial charge in [-0.1, -0.05) is 12.6 Å². The van der Waals surface area contributed by atoms with Gasteiger partial charge in [0.15, 0.2) is 5.82 Å². The van der Waals surface area contributed by atoms with Crippen LogP contribution in [0.1, 0.15) is 11.1 Å². The predicted molar refractivity (Wildman–Crippen MR) is 98.6 cm³/mol. The number of aromatic nitrogens is 3. The van der Waals surface area contributed by atoms with Gasteiger partial charge in [0.25, 0.3) is 0 Å². The van der Waals surface area contributed by atoms with E-state index < -0.39 is 0 Å². The van der Waals surface area contributed by atoms with Crippen molar-refractivity contribution < 1.29 is 9.53 Å². The van der Waals surface area contributed by atoms with E-state index in [1.165, 1.54) is 18.0 Å². The van der Waals surface area contributed by atoms with Gasteiger partial charge < -0.3 is 15.0 Å². The standard InChI is InChI=1S/C19H19N5O2/c1-3-17(25)23-8-7-16-13(10-23)11-24-18(16)19(20-12-21-24)22-14-5-4-6-15(9-14)26-2/h3-6,9,11-12H,1,7-8,10H2,2H3,(H,20,21,22). The van der Waals surface area contributed by atoms with Gasteiger partial charge in [0, 0.05) is 31.0 Å². The van der Waals surface area contributed by atoms with Crippen molar-refractivity contribution in [2.45, 2.75) is 13.0 Å². The van der Waals surface area contributed by atoms with E-state index in [4.69, 9.17) is 4.74 Å². The fraction of sp³-hybridized carbons (Fsp3) is 0.211. The summed E-state index contributed by atoms with van der Waals surface area (Å²) in [7, 11) is 1.64. The van der Waals surface area contributed by atoms with Gasteiger partial charge in [-0.15, -0.1) is 0 Å². The minimum Gasteiger partial charge on any atom is -0.497 e. The normalized spacial score (nSPS) is 13.3. The van der Waals surface area contributed by atoms with Gasteiger partial charge >= 0.3 is 0 Å². The highest BCUT2D eigenvalue weighted by atomic mass is 16.5. The lowest BCUT2D eigenvalue weighted by Crippen LogP contribution is -2.34. The Balaban J connectivity index is 1.72. The Morgan fingerprint density at radius 1 is 1.42 bits per heavy atom. The number of methoxy groups -OCH3 is 1. The van der Waals surface area contributed by atoms with E-state index in [0.717, 1.165) is 34.8 Å². The third-order valence-corrected chi connectivity index (χ3v) is 4.58. The quantitative estimate of drug-likeness (QED) is 0.733. The lowest BCUT2D eigenvalue weighted by Gasteiger charge is -2.26. The number of nitrogens with one attached hydrogen (secondary N) is 1. The molecule has 1 N–H and O–H groups in total. The fourth-order valence-corrected chi connectivity index (χ4v) is 3.32. The van der Waals surface area contributed by atoms with Gasteiger partial charge in [-0.3, -0.25) is 4.79 Å². The van der Waals surface area contributed by atoms with E-state index in [0.29, 0.717) is 13.1 Å². The Kier molecular flexibility index (Phi) is 4.04. The molecule has 0 saturated carbocycles. The molecule has 0 aliphatic carbocycles. The molecule has 7 heteroatoms. The molecular weight excluding hydrogens is 330 g/mol. The van der Waals surface area contributed by atoms with Crippen LogP contribution in [0.2, 0.25) is 0 Å². The zero-order valence-corrected chi connectivity index (χ0v) is 14.5. The Bertz CT molecular complexity index is 995. The number of anilines is 2. The summed E-state index contributed by atoms with van der Waals surface area (Å²) in [6.07, 6.45) is 5.60. The van der Waals surface area contributed by atoms with Crippen LogP contribution in [0.4, 0.5) is 11.5 Å². The Labute approximate surface area is 150 Å². The lowest BCUT2D eigenvalue weighted by atomic mass is 10.0. The van der Waals surface area contributed by atoms with E-state index in [1.54, 1.807) is 12.0 Å². The molecule has 0 unspecified atom stereocenters.